The summed E-state index contributed by atoms with van der Waals surface area (Å²) in [6, 6.07) is 6.84. The maximum absolute atomic E-state index is 5.91. The molecule has 3 atom stereocenters. The third-order valence-corrected chi connectivity index (χ3v) is 4.05. The lowest BCUT2D eigenvalue weighted by Crippen LogP contribution is -2.47. The summed E-state index contributed by atoms with van der Waals surface area (Å²) in [5.41, 5.74) is 8.28. The molecule has 3 nitrogen and oxygen atoms in total. The number of morpholine rings is 1. The van der Waals surface area contributed by atoms with Gasteiger partial charge in [0.1, 0.15) is 0 Å². The van der Waals surface area contributed by atoms with Crippen LogP contribution in [0.1, 0.15) is 32.4 Å². The van der Waals surface area contributed by atoms with E-state index in [9.17, 15) is 0 Å². The molecular formula is C14H21BrN2O. The molecule has 0 bridgehead atoms. The highest BCUT2D eigenvalue weighted by atomic mass is 79.9. The summed E-state index contributed by atoms with van der Waals surface area (Å²) in [7, 11) is 0. The molecule has 1 aromatic rings. The molecule has 1 aromatic carbocycles. The molecule has 1 heterocycles. The number of hydrogen-bond acceptors (Lipinski definition) is 3. The molecule has 0 amide bonds. The number of rotatable bonds is 2. The van der Waals surface area contributed by atoms with Gasteiger partial charge in [0.15, 0.2) is 0 Å². The van der Waals surface area contributed by atoms with Crippen molar-refractivity contribution in [1.82, 2.24) is 0 Å². The highest BCUT2D eigenvalue weighted by molar-refractivity contribution is 9.10. The van der Waals surface area contributed by atoms with E-state index >= 15 is 0 Å². The second-order valence-corrected chi connectivity index (χ2v) is 6.00. The van der Waals surface area contributed by atoms with Crippen molar-refractivity contribution in [3.63, 3.8) is 0 Å². The average Bonchev–Trinajstić information content (AvgIpc) is 2.32. The first kappa shape index (κ1) is 13.8. The fourth-order valence-corrected chi connectivity index (χ4v) is 2.90. The van der Waals surface area contributed by atoms with E-state index in [1.165, 1.54) is 5.69 Å². The van der Waals surface area contributed by atoms with Crippen molar-refractivity contribution in [2.75, 3.05) is 18.1 Å². The third-order valence-electron chi connectivity index (χ3n) is 3.41. The maximum Gasteiger partial charge on any atom is 0.0723 e. The summed E-state index contributed by atoms with van der Waals surface area (Å²) in [4.78, 5) is 2.39. The number of hydrogen-bond donors (Lipinski definition) is 1. The molecule has 100 valence electrons. The van der Waals surface area contributed by atoms with E-state index in [2.05, 4.69) is 52.9 Å². The van der Waals surface area contributed by atoms with Gasteiger partial charge in [0, 0.05) is 23.1 Å². The van der Waals surface area contributed by atoms with E-state index in [1.807, 2.05) is 6.92 Å². The third kappa shape index (κ3) is 2.87. The van der Waals surface area contributed by atoms with E-state index in [-0.39, 0.29) is 12.1 Å². The second kappa shape index (κ2) is 5.59. The summed E-state index contributed by atoms with van der Waals surface area (Å²) < 4.78 is 6.78. The minimum Gasteiger partial charge on any atom is -0.375 e. The van der Waals surface area contributed by atoms with Gasteiger partial charge in [-0.3, -0.25) is 0 Å². The molecular weight excluding hydrogens is 292 g/mol. The predicted molar refractivity (Wildman–Crippen MR) is 79.0 cm³/mol. The highest BCUT2D eigenvalue weighted by Crippen LogP contribution is 2.31. The number of nitrogens with two attached hydrogens (primary N) is 1. The van der Waals surface area contributed by atoms with E-state index < -0.39 is 0 Å². The Labute approximate surface area is 117 Å². The van der Waals surface area contributed by atoms with Crippen molar-refractivity contribution in [2.45, 2.75) is 39.0 Å². The van der Waals surface area contributed by atoms with Crippen LogP contribution in [0.25, 0.3) is 0 Å². The molecule has 1 aliphatic rings. The average molecular weight is 313 g/mol. The smallest absolute Gasteiger partial charge is 0.0723 e. The van der Waals surface area contributed by atoms with Gasteiger partial charge < -0.3 is 15.4 Å². The fourth-order valence-electron chi connectivity index (χ4n) is 2.28. The first-order chi connectivity index (χ1) is 8.49. The van der Waals surface area contributed by atoms with Gasteiger partial charge in [-0.1, -0.05) is 6.07 Å². The van der Waals surface area contributed by atoms with Crippen molar-refractivity contribution >= 4 is 21.6 Å². The van der Waals surface area contributed by atoms with Gasteiger partial charge in [-0.05, 0) is 54.4 Å². The van der Waals surface area contributed by atoms with Crippen molar-refractivity contribution in [3.8, 4) is 0 Å². The van der Waals surface area contributed by atoms with E-state index in [0.29, 0.717) is 6.04 Å². The molecule has 2 unspecified atom stereocenters. The van der Waals surface area contributed by atoms with Gasteiger partial charge in [0.05, 0.1) is 18.4 Å². The van der Waals surface area contributed by atoms with Crippen LogP contribution >= 0.6 is 15.9 Å². The number of nitrogens with zero attached hydrogens (tertiary/aromatic N) is 1. The van der Waals surface area contributed by atoms with Crippen LogP contribution in [0.3, 0.4) is 0 Å². The summed E-state index contributed by atoms with van der Waals surface area (Å²) in [6.45, 7) is 8.02. The molecule has 0 aliphatic carbocycles. The predicted octanol–water partition coefficient (Wildman–Crippen LogP) is 3.08. The van der Waals surface area contributed by atoms with Gasteiger partial charge in [-0.15, -0.1) is 0 Å². The molecule has 0 spiro atoms. The standard InChI is InChI=1S/C14H21BrN2O/c1-9-8-18-10(2)7-17(9)14-5-4-12(11(3)16)6-13(14)15/h4-6,9-11H,7-8,16H2,1-3H3/t9?,10?,11-/m1/s1. The van der Waals surface area contributed by atoms with Gasteiger partial charge in [-0.2, -0.15) is 0 Å². The monoisotopic (exact) mass is 312 g/mol. The molecule has 0 aromatic heterocycles. The molecule has 2 rings (SSSR count). The zero-order chi connectivity index (χ0) is 13.3. The fraction of sp³-hybridized carbons (Fsp3) is 0.571. The molecule has 1 fully saturated rings. The van der Waals surface area contributed by atoms with Crippen LogP contribution in [0.2, 0.25) is 0 Å². The Hall–Kier alpha value is -0.580. The summed E-state index contributed by atoms with van der Waals surface area (Å²) in [5.74, 6) is 0. The Kier molecular flexibility index (Phi) is 4.30. The molecule has 1 saturated heterocycles. The number of anilines is 1. The topological polar surface area (TPSA) is 38.5 Å². The van der Waals surface area contributed by atoms with Crippen LogP contribution < -0.4 is 10.6 Å². The van der Waals surface area contributed by atoms with E-state index in [0.717, 1.165) is 23.2 Å². The Morgan fingerprint density at radius 1 is 1.44 bits per heavy atom. The number of halogens is 1. The number of benzene rings is 1. The van der Waals surface area contributed by atoms with Gasteiger partial charge in [0.2, 0.25) is 0 Å². The molecule has 2 N–H and O–H groups in total. The second-order valence-electron chi connectivity index (χ2n) is 5.14. The lowest BCUT2D eigenvalue weighted by atomic mass is 10.1. The lowest BCUT2D eigenvalue weighted by Gasteiger charge is -2.39. The zero-order valence-electron chi connectivity index (χ0n) is 11.2. The van der Waals surface area contributed by atoms with E-state index in [1.54, 1.807) is 0 Å². The first-order valence-electron chi connectivity index (χ1n) is 6.42. The molecule has 0 saturated carbocycles. The van der Waals surface area contributed by atoms with Gasteiger partial charge in [-0.25, -0.2) is 0 Å². The van der Waals surface area contributed by atoms with Crippen LogP contribution in [0.4, 0.5) is 5.69 Å². The first-order valence-corrected chi connectivity index (χ1v) is 7.21. The lowest BCUT2D eigenvalue weighted by molar-refractivity contribution is 0.0343. The Bertz CT molecular complexity index is 422. The van der Waals surface area contributed by atoms with Crippen LogP contribution in [-0.2, 0) is 4.74 Å². The van der Waals surface area contributed by atoms with Crippen LogP contribution in [-0.4, -0.2) is 25.3 Å². The molecule has 4 heteroatoms. The SMILES string of the molecule is CC1CN(c2ccc([C@@H](C)N)cc2Br)C(C)CO1. The van der Waals surface area contributed by atoms with Crippen LogP contribution in [0.15, 0.2) is 22.7 Å². The Balaban J connectivity index is 2.27. The highest BCUT2D eigenvalue weighted by Gasteiger charge is 2.25. The molecule has 0 radical (unpaired) electrons. The van der Waals surface area contributed by atoms with Gasteiger partial charge in [0.25, 0.3) is 0 Å². The van der Waals surface area contributed by atoms with Crippen molar-refractivity contribution in [2.24, 2.45) is 5.73 Å². The van der Waals surface area contributed by atoms with Crippen molar-refractivity contribution in [3.05, 3.63) is 28.2 Å². The van der Waals surface area contributed by atoms with Crippen LogP contribution in [0, 0.1) is 0 Å². The minimum absolute atomic E-state index is 0.0661. The largest absolute Gasteiger partial charge is 0.375 e. The summed E-state index contributed by atoms with van der Waals surface area (Å²) in [5, 5.41) is 0. The minimum atomic E-state index is 0.0661. The zero-order valence-corrected chi connectivity index (χ0v) is 12.8. The van der Waals surface area contributed by atoms with Gasteiger partial charge >= 0.3 is 0 Å². The van der Waals surface area contributed by atoms with Crippen LogP contribution in [0.5, 0.6) is 0 Å². The quantitative estimate of drug-likeness (QED) is 0.912. The number of ether oxygens (including phenoxy) is 1. The summed E-state index contributed by atoms with van der Waals surface area (Å²) >= 11 is 3.66. The van der Waals surface area contributed by atoms with Crippen molar-refractivity contribution in [1.29, 1.82) is 0 Å². The molecule has 1 aliphatic heterocycles. The Morgan fingerprint density at radius 3 is 2.78 bits per heavy atom. The summed E-state index contributed by atoms with van der Waals surface area (Å²) in [6.07, 6.45) is 0.279. The van der Waals surface area contributed by atoms with Crippen molar-refractivity contribution < 1.29 is 4.74 Å². The van der Waals surface area contributed by atoms with E-state index in [4.69, 9.17) is 10.5 Å². The Morgan fingerprint density at radius 2 is 2.17 bits per heavy atom. The molecule has 18 heavy (non-hydrogen) atoms. The maximum atomic E-state index is 5.91. The normalized spacial score (nSPS) is 26.2.